The maximum atomic E-state index is 14.2. The zero-order valence-corrected chi connectivity index (χ0v) is 12.3. The van der Waals surface area contributed by atoms with Crippen LogP contribution in [0.3, 0.4) is 0 Å². The van der Waals surface area contributed by atoms with Gasteiger partial charge >= 0.3 is 5.97 Å². The number of benzene rings is 1. The smallest absolute Gasteiger partial charge is 0.355 e. The molecular formula is C17H15FN2O2. The molecule has 0 saturated heterocycles. The first-order valence-corrected chi connectivity index (χ1v) is 7.03. The quantitative estimate of drug-likeness (QED) is 0.747. The Bertz CT molecular complexity index is 855. The van der Waals surface area contributed by atoms with Crippen LogP contribution < -0.4 is 0 Å². The summed E-state index contributed by atoms with van der Waals surface area (Å²) in [5.41, 5.74) is 3.02. The van der Waals surface area contributed by atoms with E-state index in [1.165, 1.54) is 6.07 Å². The van der Waals surface area contributed by atoms with Gasteiger partial charge in [0.1, 0.15) is 11.5 Å². The number of H-pyrrole nitrogens is 1. The number of esters is 1. The van der Waals surface area contributed by atoms with Crippen molar-refractivity contribution in [1.29, 1.82) is 0 Å². The van der Waals surface area contributed by atoms with Crippen molar-refractivity contribution in [3.63, 3.8) is 0 Å². The van der Waals surface area contributed by atoms with Crippen molar-refractivity contribution in [2.24, 2.45) is 0 Å². The molecule has 0 radical (unpaired) electrons. The highest BCUT2D eigenvalue weighted by molar-refractivity contribution is 6.06. The minimum atomic E-state index is -0.517. The van der Waals surface area contributed by atoms with Crippen molar-refractivity contribution in [3.8, 4) is 11.1 Å². The highest BCUT2D eigenvalue weighted by atomic mass is 19.1. The van der Waals surface area contributed by atoms with Gasteiger partial charge in [-0.05, 0) is 32.0 Å². The molecule has 2 heterocycles. The lowest BCUT2D eigenvalue weighted by molar-refractivity contribution is 0.0521. The van der Waals surface area contributed by atoms with Crippen LogP contribution in [0.4, 0.5) is 4.39 Å². The number of nitrogens with one attached hydrogen (secondary N) is 1. The number of hydrogen-bond acceptors (Lipinski definition) is 3. The van der Waals surface area contributed by atoms with Gasteiger partial charge in [-0.2, -0.15) is 0 Å². The van der Waals surface area contributed by atoms with Crippen LogP contribution >= 0.6 is 0 Å². The molecular weight excluding hydrogens is 283 g/mol. The molecule has 22 heavy (non-hydrogen) atoms. The first kappa shape index (κ1) is 14.3. The Morgan fingerprint density at radius 1 is 1.27 bits per heavy atom. The van der Waals surface area contributed by atoms with Gasteiger partial charge in [-0.3, -0.25) is 4.98 Å². The molecule has 5 heteroatoms. The SMILES string of the molecule is CCOC(=O)c1[nH]c2ccc(C)nc2c1-c1ccccc1F. The summed E-state index contributed by atoms with van der Waals surface area (Å²) in [6.45, 7) is 3.82. The third-order valence-electron chi connectivity index (χ3n) is 3.40. The predicted molar refractivity (Wildman–Crippen MR) is 82.2 cm³/mol. The number of pyridine rings is 1. The maximum Gasteiger partial charge on any atom is 0.355 e. The van der Waals surface area contributed by atoms with E-state index in [1.807, 2.05) is 19.1 Å². The molecule has 0 fully saturated rings. The Morgan fingerprint density at radius 2 is 2.05 bits per heavy atom. The number of aromatic amines is 1. The second kappa shape index (κ2) is 5.60. The number of carbonyl (C=O) groups excluding carboxylic acids is 1. The van der Waals surface area contributed by atoms with Crippen LogP contribution in [0.15, 0.2) is 36.4 Å². The topological polar surface area (TPSA) is 55.0 Å². The Kier molecular flexibility index (Phi) is 3.63. The van der Waals surface area contributed by atoms with E-state index in [0.29, 0.717) is 22.2 Å². The molecule has 0 bridgehead atoms. The largest absolute Gasteiger partial charge is 0.461 e. The van der Waals surface area contributed by atoms with Gasteiger partial charge in [0.25, 0.3) is 0 Å². The number of aromatic nitrogens is 2. The Hall–Kier alpha value is -2.69. The van der Waals surface area contributed by atoms with E-state index in [2.05, 4.69) is 9.97 Å². The predicted octanol–water partition coefficient (Wildman–Crippen LogP) is 3.85. The summed E-state index contributed by atoms with van der Waals surface area (Å²) < 4.78 is 19.3. The summed E-state index contributed by atoms with van der Waals surface area (Å²) in [5, 5.41) is 0. The van der Waals surface area contributed by atoms with Crippen LogP contribution in [-0.4, -0.2) is 22.5 Å². The standard InChI is InChI=1S/C17H15FN2O2/c1-3-22-17(21)16-14(11-6-4-5-7-12(11)18)15-13(20-16)9-8-10(2)19-15/h4-9,20H,3H2,1-2H3. The average Bonchev–Trinajstić information content (AvgIpc) is 2.86. The summed E-state index contributed by atoms with van der Waals surface area (Å²) in [6.07, 6.45) is 0. The van der Waals surface area contributed by atoms with Gasteiger partial charge in [-0.15, -0.1) is 0 Å². The first-order chi connectivity index (χ1) is 10.6. The van der Waals surface area contributed by atoms with Gasteiger partial charge in [0, 0.05) is 16.8 Å². The Balaban J connectivity index is 2.33. The van der Waals surface area contributed by atoms with E-state index in [-0.39, 0.29) is 12.3 Å². The summed E-state index contributed by atoms with van der Waals surface area (Å²) in [5.74, 6) is -0.923. The molecule has 0 unspecified atom stereocenters. The fraction of sp³-hybridized carbons (Fsp3) is 0.176. The highest BCUT2D eigenvalue weighted by Crippen LogP contribution is 2.33. The molecule has 1 N–H and O–H groups in total. The lowest BCUT2D eigenvalue weighted by atomic mass is 10.0. The fourth-order valence-electron chi connectivity index (χ4n) is 2.45. The van der Waals surface area contributed by atoms with Crippen molar-refractivity contribution < 1.29 is 13.9 Å². The zero-order valence-electron chi connectivity index (χ0n) is 12.3. The molecule has 0 aliphatic heterocycles. The van der Waals surface area contributed by atoms with Crippen molar-refractivity contribution in [3.05, 3.63) is 53.6 Å². The lowest BCUT2D eigenvalue weighted by Gasteiger charge is -2.05. The third-order valence-corrected chi connectivity index (χ3v) is 3.40. The Morgan fingerprint density at radius 3 is 2.77 bits per heavy atom. The van der Waals surface area contributed by atoms with Crippen molar-refractivity contribution in [2.75, 3.05) is 6.61 Å². The fourth-order valence-corrected chi connectivity index (χ4v) is 2.45. The summed E-state index contributed by atoms with van der Waals surface area (Å²) in [4.78, 5) is 19.6. The average molecular weight is 298 g/mol. The summed E-state index contributed by atoms with van der Waals surface area (Å²) in [6, 6.07) is 9.98. The van der Waals surface area contributed by atoms with Gasteiger partial charge in [0.05, 0.1) is 17.6 Å². The molecule has 0 saturated carbocycles. The van der Waals surface area contributed by atoms with Gasteiger partial charge in [0.2, 0.25) is 0 Å². The van der Waals surface area contributed by atoms with Crippen LogP contribution in [0.5, 0.6) is 0 Å². The maximum absolute atomic E-state index is 14.2. The van der Waals surface area contributed by atoms with Gasteiger partial charge < -0.3 is 9.72 Å². The minimum Gasteiger partial charge on any atom is -0.461 e. The van der Waals surface area contributed by atoms with Crippen LogP contribution in [0, 0.1) is 12.7 Å². The molecule has 3 aromatic rings. The summed E-state index contributed by atoms with van der Waals surface area (Å²) in [7, 11) is 0. The molecule has 3 rings (SSSR count). The second-order valence-corrected chi connectivity index (χ2v) is 4.92. The molecule has 4 nitrogen and oxygen atoms in total. The van der Waals surface area contributed by atoms with E-state index in [9.17, 15) is 9.18 Å². The lowest BCUT2D eigenvalue weighted by Crippen LogP contribution is -2.06. The number of carbonyl (C=O) groups is 1. The van der Waals surface area contributed by atoms with Gasteiger partial charge in [-0.25, -0.2) is 9.18 Å². The highest BCUT2D eigenvalue weighted by Gasteiger charge is 2.23. The zero-order chi connectivity index (χ0) is 15.7. The number of halogens is 1. The van der Waals surface area contributed by atoms with E-state index in [0.717, 1.165) is 5.69 Å². The van der Waals surface area contributed by atoms with E-state index < -0.39 is 11.8 Å². The number of aryl methyl sites for hydroxylation is 1. The van der Waals surface area contributed by atoms with Crippen LogP contribution in [0.2, 0.25) is 0 Å². The Labute approximate surface area is 126 Å². The molecule has 2 aromatic heterocycles. The number of hydrogen-bond donors (Lipinski definition) is 1. The molecule has 0 amide bonds. The van der Waals surface area contributed by atoms with Crippen molar-refractivity contribution in [2.45, 2.75) is 13.8 Å². The molecule has 0 aliphatic rings. The first-order valence-electron chi connectivity index (χ1n) is 7.03. The molecule has 0 spiro atoms. The number of ether oxygens (including phenoxy) is 1. The normalized spacial score (nSPS) is 10.9. The molecule has 0 atom stereocenters. The second-order valence-electron chi connectivity index (χ2n) is 4.92. The summed E-state index contributed by atoms with van der Waals surface area (Å²) >= 11 is 0. The van der Waals surface area contributed by atoms with Crippen LogP contribution in [0.1, 0.15) is 23.1 Å². The van der Waals surface area contributed by atoms with Crippen LogP contribution in [-0.2, 0) is 4.74 Å². The van der Waals surface area contributed by atoms with Crippen molar-refractivity contribution >= 4 is 17.0 Å². The molecule has 1 aromatic carbocycles. The number of nitrogens with zero attached hydrogens (tertiary/aromatic N) is 1. The molecule has 0 aliphatic carbocycles. The number of fused-ring (bicyclic) bond motifs is 1. The molecule has 112 valence electrons. The van der Waals surface area contributed by atoms with Gasteiger partial charge in [0.15, 0.2) is 0 Å². The van der Waals surface area contributed by atoms with E-state index >= 15 is 0 Å². The van der Waals surface area contributed by atoms with E-state index in [4.69, 9.17) is 4.74 Å². The van der Waals surface area contributed by atoms with Crippen molar-refractivity contribution in [1.82, 2.24) is 9.97 Å². The monoisotopic (exact) mass is 298 g/mol. The van der Waals surface area contributed by atoms with Crippen LogP contribution in [0.25, 0.3) is 22.2 Å². The third kappa shape index (κ3) is 2.35. The minimum absolute atomic E-state index is 0.222. The van der Waals surface area contributed by atoms with E-state index in [1.54, 1.807) is 25.1 Å². The van der Waals surface area contributed by atoms with Gasteiger partial charge in [-0.1, -0.05) is 18.2 Å². The number of rotatable bonds is 3.